The summed E-state index contributed by atoms with van der Waals surface area (Å²) in [5.74, 6) is 0.0912. The van der Waals surface area contributed by atoms with Crippen LogP contribution in [0.1, 0.15) is 22.6 Å². The maximum absolute atomic E-state index is 12.3. The monoisotopic (exact) mass is 460 g/mol. The Morgan fingerprint density at radius 2 is 1.80 bits per heavy atom. The van der Waals surface area contributed by atoms with E-state index < -0.39 is 0 Å². The number of rotatable bonds is 4. The van der Waals surface area contributed by atoms with Gasteiger partial charge in [-0.15, -0.1) is 0 Å². The van der Waals surface area contributed by atoms with Crippen LogP contribution >= 0.6 is 15.9 Å². The molecular weight excluding hydrogens is 444 g/mol. The second-order valence-electron chi connectivity index (χ2n) is 6.78. The number of nitriles is 1. The van der Waals surface area contributed by atoms with Crippen molar-refractivity contribution in [2.24, 2.45) is 5.73 Å². The summed E-state index contributed by atoms with van der Waals surface area (Å²) in [5.41, 5.74) is 8.93. The second-order valence-corrected chi connectivity index (χ2v) is 7.64. The molecule has 0 saturated carbocycles. The van der Waals surface area contributed by atoms with Crippen LogP contribution in [0.25, 0.3) is 0 Å². The quantitative estimate of drug-likeness (QED) is 0.445. The zero-order valence-corrected chi connectivity index (χ0v) is 17.4. The van der Waals surface area contributed by atoms with Crippen LogP contribution in [0, 0.1) is 11.3 Å². The molecule has 1 atom stereocenters. The van der Waals surface area contributed by atoms with Gasteiger partial charge in [-0.05, 0) is 23.3 Å². The number of carbonyl (C=O) groups excluding carboxylic acids is 1. The molecule has 0 radical (unpaired) electrons. The van der Waals surface area contributed by atoms with Gasteiger partial charge < -0.3 is 15.2 Å². The van der Waals surface area contributed by atoms with Crippen molar-refractivity contribution >= 4 is 21.9 Å². The van der Waals surface area contributed by atoms with E-state index in [0.717, 1.165) is 21.2 Å². The van der Waals surface area contributed by atoms with E-state index in [1.165, 1.54) is 0 Å². The maximum atomic E-state index is 12.3. The van der Waals surface area contributed by atoms with Crippen LogP contribution in [-0.2, 0) is 11.2 Å². The molecule has 0 aliphatic carbocycles. The van der Waals surface area contributed by atoms with E-state index in [2.05, 4.69) is 22.0 Å². The van der Waals surface area contributed by atoms with Crippen LogP contribution < -0.4 is 15.2 Å². The topological polar surface area (TPSA) is 85.3 Å². The maximum Gasteiger partial charge on any atom is 0.315 e. The van der Waals surface area contributed by atoms with Crippen molar-refractivity contribution in [2.75, 3.05) is 0 Å². The van der Waals surface area contributed by atoms with E-state index in [0.29, 0.717) is 17.1 Å². The summed E-state index contributed by atoms with van der Waals surface area (Å²) < 4.78 is 12.0. The Kier molecular flexibility index (Phi) is 5.55. The van der Waals surface area contributed by atoms with Crippen molar-refractivity contribution in [1.82, 2.24) is 0 Å². The molecule has 1 unspecified atom stereocenters. The number of allylic oxidation sites excluding steroid dienone is 1. The van der Waals surface area contributed by atoms with Gasteiger partial charge in [0.2, 0.25) is 5.88 Å². The van der Waals surface area contributed by atoms with Crippen molar-refractivity contribution in [1.29, 1.82) is 5.26 Å². The Bertz CT molecular complexity index is 1180. The first-order valence-electron chi connectivity index (χ1n) is 9.27. The molecule has 0 bridgehead atoms. The highest BCUT2D eigenvalue weighted by atomic mass is 79.9. The van der Waals surface area contributed by atoms with E-state index in [9.17, 15) is 10.1 Å². The number of carbonyl (C=O) groups is 1. The zero-order chi connectivity index (χ0) is 21.1. The first-order chi connectivity index (χ1) is 14.6. The normalized spacial score (nSPS) is 15.0. The number of hydrogen-bond acceptors (Lipinski definition) is 5. The molecule has 148 valence electrons. The Morgan fingerprint density at radius 1 is 1.07 bits per heavy atom. The zero-order valence-electron chi connectivity index (χ0n) is 15.8. The predicted octanol–water partition coefficient (Wildman–Crippen LogP) is 4.82. The average Bonchev–Trinajstić information content (AvgIpc) is 2.74. The van der Waals surface area contributed by atoms with E-state index in [1.807, 2.05) is 54.6 Å². The summed E-state index contributed by atoms with van der Waals surface area (Å²) in [7, 11) is 0. The van der Waals surface area contributed by atoms with Crippen LogP contribution in [0.5, 0.6) is 11.5 Å². The van der Waals surface area contributed by atoms with Crippen LogP contribution in [0.2, 0.25) is 0 Å². The molecule has 0 aromatic heterocycles. The standard InChI is InChI=1S/C24H17BrN2O3/c25-20-9-5-4-8-17(20)23-18-11-10-16(13-21(18)30-24(27)19(23)14-26)29-22(28)12-15-6-2-1-3-7-15/h1-11,13,23H,12,27H2. The smallest absolute Gasteiger partial charge is 0.315 e. The first-order valence-corrected chi connectivity index (χ1v) is 10.1. The molecule has 1 aliphatic heterocycles. The summed E-state index contributed by atoms with van der Waals surface area (Å²) in [6.07, 6.45) is 0.166. The van der Waals surface area contributed by atoms with Crippen LogP contribution in [0.15, 0.2) is 88.7 Å². The number of hydrogen-bond donors (Lipinski definition) is 1. The van der Waals surface area contributed by atoms with Crippen molar-refractivity contribution in [2.45, 2.75) is 12.3 Å². The fourth-order valence-electron chi connectivity index (χ4n) is 3.46. The lowest BCUT2D eigenvalue weighted by Gasteiger charge is -2.27. The van der Waals surface area contributed by atoms with Crippen molar-refractivity contribution in [3.63, 3.8) is 0 Å². The summed E-state index contributed by atoms with van der Waals surface area (Å²) in [5, 5.41) is 9.67. The lowest BCUT2D eigenvalue weighted by atomic mass is 9.83. The Labute approximate surface area is 182 Å². The SMILES string of the molecule is N#CC1=C(N)Oc2cc(OC(=O)Cc3ccccc3)ccc2C1c1ccccc1Br. The number of fused-ring (bicyclic) bond motifs is 1. The number of benzene rings is 3. The number of nitrogens with two attached hydrogens (primary N) is 1. The van der Waals surface area contributed by atoms with E-state index >= 15 is 0 Å². The summed E-state index contributed by atoms with van der Waals surface area (Å²) in [6.45, 7) is 0. The molecule has 6 heteroatoms. The van der Waals surface area contributed by atoms with E-state index in [-0.39, 0.29) is 24.2 Å². The molecule has 0 fully saturated rings. The molecule has 4 rings (SSSR count). The highest BCUT2D eigenvalue weighted by Gasteiger charge is 2.32. The minimum atomic E-state index is -0.386. The van der Waals surface area contributed by atoms with Gasteiger partial charge in [-0.3, -0.25) is 4.79 Å². The molecule has 3 aromatic carbocycles. The summed E-state index contributed by atoms with van der Waals surface area (Å²) in [4.78, 5) is 12.3. The molecule has 30 heavy (non-hydrogen) atoms. The molecule has 1 heterocycles. The van der Waals surface area contributed by atoms with E-state index in [1.54, 1.807) is 18.2 Å². The Hall–Kier alpha value is -3.56. The minimum Gasteiger partial charge on any atom is -0.440 e. The number of nitrogens with zero attached hydrogens (tertiary/aromatic N) is 1. The predicted molar refractivity (Wildman–Crippen MR) is 116 cm³/mol. The molecule has 0 saturated heterocycles. The number of halogens is 1. The van der Waals surface area contributed by atoms with Gasteiger partial charge in [-0.2, -0.15) is 5.26 Å². The molecule has 2 N–H and O–H groups in total. The van der Waals surface area contributed by atoms with Crippen molar-refractivity contribution < 1.29 is 14.3 Å². The number of ether oxygens (including phenoxy) is 2. The van der Waals surface area contributed by atoms with Crippen LogP contribution in [0.3, 0.4) is 0 Å². The molecule has 3 aromatic rings. The van der Waals surface area contributed by atoms with Gasteiger partial charge in [0.1, 0.15) is 23.1 Å². The average molecular weight is 461 g/mol. The lowest BCUT2D eigenvalue weighted by molar-refractivity contribution is -0.133. The lowest BCUT2D eigenvalue weighted by Crippen LogP contribution is -2.21. The fourth-order valence-corrected chi connectivity index (χ4v) is 3.97. The van der Waals surface area contributed by atoms with Gasteiger partial charge in [0, 0.05) is 16.1 Å². The van der Waals surface area contributed by atoms with Gasteiger partial charge in [0.25, 0.3) is 0 Å². The summed E-state index contributed by atoms with van der Waals surface area (Å²) >= 11 is 3.56. The molecule has 1 aliphatic rings. The van der Waals surface area contributed by atoms with Crippen molar-refractivity contribution in [3.05, 3.63) is 105 Å². The van der Waals surface area contributed by atoms with Crippen molar-refractivity contribution in [3.8, 4) is 17.6 Å². The van der Waals surface area contributed by atoms with Crippen LogP contribution in [0.4, 0.5) is 0 Å². The Morgan fingerprint density at radius 3 is 2.53 bits per heavy atom. The first kappa shape index (κ1) is 19.7. The fraction of sp³-hybridized carbons (Fsp3) is 0.0833. The number of esters is 1. The van der Waals surface area contributed by atoms with Gasteiger partial charge in [-0.1, -0.05) is 70.5 Å². The minimum absolute atomic E-state index is 0.0403. The van der Waals surface area contributed by atoms with E-state index in [4.69, 9.17) is 15.2 Å². The molecule has 0 amide bonds. The molecular formula is C24H17BrN2O3. The Balaban J connectivity index is 1.65. The third-order valence-corrected chi connectivity index (χ3v) is 5.55. The summed E-state index contributed by atoms with van der Waals surface area (Å²) in [6, 6.07) is 24.3. The third kappa shape index (κ3) is 3.93. The van der Waals surface area contributed by atoms with Gasteiger partial charge in [0.15, 0.2) is 0 Å². The largest absolute Gasteiger partial charge is 0.440 e. The van der Waals surface area contributed by atoms with Gasteiger partial charge in [-0.25, -0.2) is 0 Å². The second kappa shape index (κ2) is 8.44. The highest BCUT2D eigenvalue weighted by Crippen LogP contribution is 2.45. The van der Waals surface area contributed by atoms with Crippen LogP contribution in [-0.4, -0.2) is 5.97 Å². The van der Waals surface area contributed by atoms with Gasteiger partial charge in [0.05, 0.1) is 12.3 Å². The third-order valence-electron chi connectivity index (χ3n) is 4.83. The van der Waals surface area contributed by atoms with Gasteiger partial charge >= 0.3 is 5.97 Å². The molecule has 5 nitrogen and oxygen atoms in total. The molecule has 0 spiro atoms. The highest BCUT2D eigenvalue weighted by molar-refractivity contribution is 9.10.